The third-order valence-corrected chi connectivity index (χ3v) is 4.56. The number of fused-ring (bicyclic) bond motifs is 3. The Bertz CT molecular complexity index is 1060. The summed E-state index contributed by atoms with van der Waals surface area (Å²) in [6, 6.07) is 14.1. The molecule has 1 N–H and O–H groups in total. The van der Waals surface area contributed by atoms with E-state index in [0.29, 0.717) is 18.8 Å². The maximum Gasteiger partial charge on any atom is 0.355 e. The Morgan fingerprint density at radius 1 is 1.20 bits per heavy atom. The number of aromatic amines is 1. The number of carbonyl (C=O) groups is 1. The minimum Gasteiger partial charge on any atom is -0.461 e. The molecule has 0 bridgehead atoms. The monoisotopic (exact) mass is 333 g/mol. The number of aromatic nitrogens is 3. The quantitative estimate of drug-likeness (QED) is 0.573. The molecule has 2 aromatic carbocycles. The van der Waals surface area contributed by atoms with Crippen LogP contribution in [-0.4, -0.2) is 27.3 Å². The first-order valence-corrected chi connectivity index (χ1v) is 8.36. The molecule has 0 atom stereocenters. The molecule has 126 valence electrons. The van der Waals surface area contributed by atoms with E-state index in [2.05, 4.69) is 22.3 Å². The zero-order chi connectivity index (χ0) is 17.4. The van der Waals surface area contributed by atoms with Crippen molar-refractivity contribution in [3.8, 4) is 0 Å². The molecule has 2 aromatic heterocycles. The lowest BCUT2D eigenvalue weighted by Gasteiger charge is -2.11. The minimum atomic E-state index is -0.296. The van der Waals surface area contributed by atoms with Crippen LogP contribution in [0.25, 0.3) is 21.7 Å². The summed E-state index contributed by atoms with van der Waals surface area (Å²) < 4.78 is 7.38. The highest BCUT2D eigenvalue weighted by Gasteiger charge is 2.23. The molecule has 0 aliphatic rings. The van der Waals surface area contributed by atoms with E-state index in [1.54, 1.807) is 6.20 Å². The van der Waals surface area contributed by atoms with E-state index in [9.17, 15) is 4.79 Å². The molecule has 4 rings (SSSR count). The molecule has 2 heterocycles. The summed E-state index contributed by atoms with van der Waals surface area (Å²) in [7, 11) is 0. The Hall–Kier alpha value is -3.08. The summed E-state index contributed by atoms with van der Waals surface area (Å²) in [5, 5.41) is 10.2. The van der Waals surface area contributed by atoms with Crippen LogP contribution in [-0.2, 0) is 11.3 Å². The molecule has 0 aliphatic carbocycles. The van der Waals surface area contributed by atoms with E-state index in [1.165, 1.54) is 0 Å². The van der Waals surface area contributed by atoms with Crippen molar-refractivity contribution < 1.29 is 9.53 Å². The Balaban J connectivity index is 2.00. The van der Waals surface area contributed by atoms with Gasteiger partial charge in [-0.2, -0.15) is 5.10 Å². The van der Waals surface area contributed by atoms with Crippen molar-refractivity contribution in [2.45, 2.75) is 20.4 Å². The van der Waals surface area contributed by atoms with Crippen LogP contribution in [0.15, 0.2) is 48.7 Å². The lowest BCUT2D eigenvalue weighted by Crippen LogP contribution is -2.14. The van der Waals surface area contributed by atoms with E-state index in [4.69, 9.17) is 4.74 Å². The largest absolute Gasteiger partial charge is 0.461 e. The fourth-order valence-electron chi connectivity index (χ4n) is 3.42. The van der Waals surface area contributed by atoms with Gasteiger partial charge in [0.25, 0.3) is 0 Å². The van der Waals surface area contributed by atoms with Crippen molar-refractivity contribution in [2.24, 2.45) is 0 Å². The number of hydrogen-bond donors (Lipinski definition) is 1. The smallest absolute Gasteiger partial charge is 0.355 e. The highest BCUT2D eigenvalue weighted by Crippen LogP contribution is 2.32. The summed E-state index contributed by atoms with van der Waals surface area (Å²) in [4.78, 5) is 12.7. The fourth-order valence-corrected chi connectivity index (χ4v) is 3.42. The van der Waals surface area contributed by atoms with Gasteiger partial charge >= 0.3 is 5.97 Å². The average molecular weight is 333 g/mol. The van der Waals surface area contributed by atoms with Crippen molar-refractivity contribution in [2.75, 3.05) is 6.61 Å². The lowest BCUT2D eigenvalue weighted by molar-refractivity contribution is 0.0516. The summed E-state index contributed by atoms with van der Waals surface area (Å²) >= 11 is 0. The third-order valence-electron chi connectivity index (χ3n) is 4.56. The van der Waals surface area contributed by atoms with Crippen LogP contribution < -0.4 is 0 Å². The van der Waals surface area contributed by atoms with Crippen LogP contribution >= 0.6 is 0 Å². The van der Waals surface area contributed by atoms with Crippen molar-refractivity contribution in [1.82, 2.24) is 14.8 Å². The van der Waals surface area contributed by atoms with Gasteiger partial charge in [-0.1, -0.05) is 42.5 Å². The molecule has 0 fully saturated rings. The van der Waals surface area contributed by atoms with E-state index < -0.39 is 0 Å². The van der Waals surface area contributed by atoms with Gasteiger partial charge in [-0.05, 0) is 19.4 Å². The molecule has 25 heavy (non-hydrogen) atoms. The number of H-pyrrole nitrogens is 1. The van der Waals surface area contributed by atoms with E-state index in [1.807, 2.05) is 48.7 Å². The van der Waals surface area contributed by atoms with Gasteiger partial charge in [-0.15, -0.1) is 0 Å². The fraction of sp³-hybridized carbons (Fsp3) is 0.200. The predicted molar refractivity (Wildman–Crippen MR) is 97.8 cm³/mol. The summed E-state index contributed by atoms with van der Waals surface area (Å²) in [5.74, 6) is -0.296. The number of aryl methyl sites for hydroxylation is 1. The molecule has 5 nitrogen and oxygen atoms in total. The summed E-state index contributed by atoms with van der Waals surface area (Å²) in [6.45, 7) is 4.83. The third kappa shape index (κ3) is 2.48. The summed E-state index contributed by atoms with van der Waals surface area (Å²) in [6.07, 6.45) is 1.80. The normalized spacial score (nSPS) is 11.3. The van der Waals surface area contributed by atoms with Crippen LogP contribution in [0, 0.1) is 6.92 Å². The summed E-state index contributed by atoms with van der Waals surface area (Å²) in [5.41, 5.74) is 3.70. The standard InChI is InChI=1S/C20H19N3O2/c1-3-25-20(24)19-16-10-9-15-11-21-22-18(15)17(16)13(2)23(19)12-14-7-5-4-6-8-14/h4-11H,3,12H2,1-2H3,(H,21,22). The zero-order valence-corrected chi connectivity index (χ0v) is 14.2. The number of nitrogens with zero attached hydrogens (tertiary/aromatic N) is 2. The Kier molecular flexibility index (Phi) is 3.76. The second-order valence-corrected chi connectivity index (χ2v) is 6.05. The van der Waals surface area contributed by atoms with Gasteiger partial charge in [0.15, 0.2) is 0 Å². The lowest BCUT2D eigenvalue weighted by atomic mass is 10.1. The highest BCUT2D eigenvalue weighted by atomic mass is 16.5. The first-order chi connectivity index (χ1) is 12.2. The number of esters is 1. The number of ether oxygens (including phenoxy) is 1. The second kappa shape index (κ2) is 6.09. The van der Waals surface area contributed by atoms with Gasteiger partial charge in [-0.3, -0.25) is 5.10 Å². The van der Waals surface area contributed by atoms with Crippen molar-refractivity contribution >= 4 is 27.6 Å². The van der Waals surface area contributed by atoms with Crippen LogP contribution in [0.5, 0.6) is 0 Å². The molecule has 0 unspecified atom stereocenters. The molecular weight excluding hydrogens is 314 g/mol. The predicted octanol–water partition coefficient (Wildman–Crippen LogP) is 4.05. The molecule has 0 aliphatic heterocycles. The van der Waals surface area contributed by atoms with Crippen LogP contribution in [0.4, 0.5) is 0 Å². The number of hydrogen-bond acceptors (Lipinski definition) is 3. The molecule has 0 saturated carbocycles. The maximum absolute atomic E-state index is 12.7. The van der Waals surface area contributed by atoms with Crippen LogP contribution in [0.3, 0.4) is 0 Å². The van der Waals surface area contributed by atoms with Crippen molar-refractivity contribution in [1.29, 1.82) is 0 Å². The molecule has 0 amide bonds. The first kappa shape index (κ1) is 15.4. The van der Waals surface area contributed by atoms with Gasteiger partial charge in [0.05, 0.1) is 18.3 Å². The van der Waals surface area contributed by atoms with Crippen LogP contribution in [0.2, 0.25) is 0 Å². The molecule has 0 spiro atoms. The maximum atomic E-state index is 12.7. The topological polar surface area (TPSA) is 59.9 Å². The van der Waals surface area contributed by atoms with Crippen molar-refractivity contribution in [3.63, 3.8) is 0 Å². The average Bonchev–Trinajstić information content (AvgIpc) is 3.19. The van der Waals surface area contributed by atoms with Crippen molar-refractivity contribution in [3.05, 3.63) is 65.6 Å². The first-order valence-electron chi connectivity index (χ1n) is 8.36. The van der Waals surface area contributed by atoms with Gasteiger partial charge in [0, 0.05) is 28.4 Å². The molecule has 4 aromatic rings. The van der Waals surface area contributed by atoms with E-state index in [0.717, 1.165) is 32.9 Å². The molecule has 0 saturated heterocycles. The minimum absolute atomic E-state index is 0.296. The highest BCUT2D eigenvalue weighted by molar-refractivity contribution is 6.14. The van der Waals surface area contributed by atoms with Gasteiger partial charge < -0.3 is 9.30 Å². The molecule has 5 heteroatoms. The molecule has 0 radical (unpaired) electrons. The Morgan fingerprint density at radius 3 is 2.76 bits per heavy atom. The van der Waals surface area contributed by atoms with Gasteiger partial charge in [0.2, 0.25) is 0 Å². The van der Waals surface area contributed by atoms with E-state index >= 15 is 0 Å². The second-order valence-electron chi connectivity index (χ2n) is 6.05. The number of carbonyl (C=O) groups excluding carboxylic acids is 1. The van der Waals surface area contributed by atoms with E-state index in [-0.39, 0.29) is 5.97 Å². The SMILES string of the molecule is CCOC(=O)c1c2ccc3cn[nH]c3c2c(C)n1Cc1ccccc1. The number of rotatable bonds is 4. The Morgan fingerprint density at radius 2 is 2.00 bits per heavy atom. The van der Waals surface area contributed by atoms with Gasteiger partial charge in [-0.25, -0.2) is 4.79 Å². The number of benzene rings is 2. The zero-order valence-electron chi connectivity index (χ0n) is 14.2. The Labute approximate surface area is 145 Å². The number of nitrogens with one attached hydrogen (secondary N) is 1. The van der Waals surface area contributed by atoms with Crippen LogP contribution in [0.1, 0.15) is 28.7 Å². The molecular formula is C20H19N3O2. The van der Waals surface area contributed by atoms with Gasteiger partial charge in [0.1, 0.15) is 5.69 Å².